The van der Waals surface area contributed by atoms with Gasteiger partial charge in [-0.25, -0.2) is 4.98 Å². The standard InChI is InChI=1S/C16H19N3O2/c1-12(20)18-7-9-19(10-8-18)16-6-3-13-11-14(21-2)4-5-15(13)17-16/h3-6,11H,7-10H2,1-2H3. The highest BCUT2D eigenvalue weighted by Crippen LogP contribution is 2.23. The summed E-state index contributed by atoms with van der Waals surface area (Å²) >= 11 is 0. The third-order valence-corrected chi connectivity index (χ3v) is 3.93. The highest BCUT2D eigenvalue weighted by Gasteiger charge is 2.19. The predicted molar refractivity (Wildman–Crippen MR) is 82.8 cm³/mol. The van der Waals surface area contributed by atoms with Gasteiger partial charge in [0, 0.05) is 38.5 Å². The minimum atomic E-state index is 0.146. The first kappa shape index (κ1) is 13.7. The molecule has 5 heteroatoms. The predicted octanol–water partition coefficient (Wildman–Crippen LogP) is 1.91. The maximum Gasteiger partial charge on any atom is 0.219 e. The summed E-state index contributed by atoms with van der Waals surface area (Å²) in [7, 11) is 1.66. The molecule has 2 heterocycles. The summed E-state index contributed by atoms with van der Waals surface area (Å²) in [5.74, 6) is 1.95. The molecule has 1 saturated heterocycles. The number of carbonyl (C=O) groups is 1. The molecule has 1 aromatic carbocycles. The van der Waals surface area contributed by atoms with Gasteiger partial charge in [-0.3, -0.25) is 4.79 Å². The lowest BCUT2D eigenvalue weighted by Crippen LogP contribution is -2.48. The van der Waals surface area contributed by atoms with E-state index in [4.69, 9.17) is 9.72 Å². The Bertz CT molecular complexity index is 664. The highest BCUT2D eigenvalue weighted by atomic mass is 16.5. The number of amides is 1. The van der Waals surface area contributed by atoms with E-state index in [9.17, 15) is 4.79 Å². The number of fused-ring (bicyclic) bond motifs is 1. The van der Waals surface area contributed by atoms with Crippen molar-refractivity contribution in [2.24, 2.45) is 0 Å². The Morgan fingerprint density at radius 3 is 2.57 bits per heavy atom. The average Bonchev–Trinajstić information content (AvgIpc) is 2.54. The first-order valence-electron chi connectivity index (χ1n) is 7.12. The molecule has 1 aliphatic heterocycles. The SMILES string of the molecule is COc1ccc2nc(N3CCN(C(C)=O)CC3)ccc2c1. The van der Waals surface area contributed by atoms with Gasteiger partial charge >= 0.3 is 0 Å². The van der Waals surface area contributed by atoms with Crippen LogP contribution >= 0.6 is 0 Å². The normalized spacial score (nSPS) is 15.3. The molecule has 0 bridgehead atoms. The van der Waals surface area contributed by atoms with Crippen molar-refractivity contribution in [3.63, 3.8) is 0 Å². The van der Waals surface area contributed by atoms with Gasteiger partial charge in [-0.2, -0.15) is 0 Å². The van der Waals surface area contributed by atoms with E-state index in [0.29, 0.717) is 0 Å². The fraction of sp³-hybridized carbons (Fsp3) is 0.375. The van der Waals surface area contributed by atoms with E-state index >= 15 is 0 Å². The molecule has 0 spiro atoms. The van der Waals surface area contributed by atoms with E-state index in [1.54, 1.807) is 14.0 Å². The molecule has 0 N–H and O–H groups in total. The van der Waals surface area contributed by atoms with Crippen molar-refractivity contribution in [1.82, 2.24) is 9.88 Å². The van der Waals surface area contributed by atoms with E-state index in [1.807, 2.05) is 29.2 Å². The van der Waals surface area contributed by atoms with Crippen LogP contribution in [0.15, 0.2) is 30.3 Å². The molecule has 110 valence electrons. The molecule has 1 fully saturated rings. The number of methoxy groups -OCH3 is 1. The smallest absolute Gasteiger partial charge is 0.219 e. The van der Waals surface area contributed by atoms with Crippen molar-refractivity contribution in [3.05, 3.63) is 30.3 Å². The van der Waals surface area contributed by atoms with Crippen LogP contribution < -0.4 is 9.64 Å². The van der Waals surface area contributed by atoms with Crippen LogP contribution in [0.5, 0.6) is 5.75 Å². The van der Waals surface area contributed by atoms with Gasteiger partial charge in [0.2, 0.25) is 5.91 Å². The Balaban J connectivity index is 1.80. The van der Waals surface area contributed by atoms with Crippen LogP contribution in [-0.2, 0) is 4.79 Å². The van der Waals surface area contributed by atoms with E-state index < -0.39 is 0 Å². The van der Waals surface area contributed by atoms with E-state index in [1.165, 1.54) is 0 Å². The van der Waals surface area contributed by atoms with Gasteiger partial charge in [0.1, 0.15) is 11.6 Å². The van der Waals surface area contributed by atoms with Crippen LogP contribution in [0.25, 0.3) is 10.9 Å². The third kappa shape index (κ3) is 2.77. The molecule has 0 atom stereocenters. The molecule has 0 aliphatic carbocycles. The number of aromatic nitrogens is 1. The summed E-state index contributed by atoms with van der Waals surface area (Å²) < 4.78 is 5.23. The zero-order valence-electron chi connectivity index (χ0n) is 12.4. The first-order valence-corrected chi connectivity index (χ1v) is 7.12. The molecule has 0 radical (unpaired) electrons. The van der Waals surface area contributed by atoms with Gasteiger partial charge in [-0.05, 0) is 30.3 Å². The Morgan fingerprint density at radius 1 is 1.14 bits per heavy atom. The number of ether oxygens (including phenoxy) is 1. The van der Waals surface area contributed by atoms with Crippen molar-refractivity contribution in [1.29, 1.82) is 0 Å². The molecule has 2 aromatic rings. The number of carbonyl (C=O) groups excluding carboxylic acids is 1. The molecule has 5 nitrogen and oxygen atoms in total. The number of hydrogen-bond acceptors (Lipinski definition) is 4. The highest BCUT2D eigenvalue weighted by molar-refractivity contribution is 5.82. The number of hydrogen-bond donors (Lipinski definition) is 0. The zero-order chi connectivity index (χ0) is 14.8. The Hall–Kier alpha value is -2.30. The molecule has 3 rings (SSSR count). The van der Waals surface area contributed by atoms with Crippen molar-refractivity contribution in [2.75, 3.05) is 38.2 Å². The molecular formula is C16H19N3O2. The molecule has 0 unspecified atom stereocenters. The van der Waals surface area contributed by atoms with Crippen molar-refractivity contribution < 1.29 is 9.53 Å². The molecule has 0 saturated carbocycles. The van der Waals surface area contributed by atoms with E-state index in [0.717, 1.165) is 48.6 Å². The molecule has 1 amide bonds. The Kier molecular flexibility index (Phi) is 3.64. The fourth-order valence-corrected chi connectivity index (χ4v) is 2.65. The second-order valence-electron chi connectivity index (χ2n) is 5.22. The first-order chi connectivity index (χ1) is 10.2. The van der Waals surface area contributed by atoms with Gasteiger partial charge in [0.05, 0.1) is 12.6 Å². The van der Waals surface area contributed by atoms with Gasteiger partial charge in [-0.1, -0.05) is 0 Å². The maximum absolute atomic E-state index is 11.4. The Morgan fingerprint density at radius 2 is 1.90 bits per heavy atom. The van der Waals surface area contributed by atoms with Gasteiger partial charge in [-0.15, -0.1) is 0 Å². The number of pyridine rings is 1. The second-order valence-corrected chi connectivity index (χ2v) is 5.22. The van der Waals surface area contributed by atoms with Gasteiger partial charge < -0.3 is 14.5 Å². The molecule has 1 aliphatic rings. The summed E-state index contributed by atoms with van der Waals surface area (Å²) in [6.45, 7) is 4.80. The van der Waals surface area contributed by atoms with Crippen molar-refractivity contribution >= 4 is 22.6 Å². The van der Waals surface area contributed by atoms with Gasteiger partial charge in [0.25, 0.3) is 0 Å². The lowest BCUT2D eigenvalue weighted by molar-refractivity contribution is -0.129. The largest absolute Gasteiger partial charge is 0.497 e. The number of piperazine rings is 1. The second kappa shape index (κ2) is 5.60. The zero-order valence-corrected chi connectivity index (χ0v) is 12.4. The van der Waals surface area contributed by atoms with Crippen LogP contribution in [0.1, 0.15) is 6.92 Å². The van der Waals surface area contributed by atoms with Crippen LogP contribution in [0.3, 0.4) is 0 Å². The van der Waals surface area contributed by atoms with Crippen molar-refractivity contribution in [2.45, 2.75) is 6.92 Å². The number of anilines is 1. The molecule has 21 heavy (non-hydrogen) atoms. The Labute approximate surface area is 124 Å². The summed E-state index contributed by atoms with van der Waals surface area (Å²) in [5.41, 5.74) is 0.960. The van der Waals surface area contributed by atoms with Crippen molar-refractivity contribution in [3.8, 4) is 5.75 Å². The summed E-state index contributed by atoms with van der Waals surface area (Å²) in [6.07, 6.45) is 0. The molecule has 1 aromatic heterocycles. The minimum Gasteiger partial charge on any atom is -0.497 e. The number of rotatable bonds is 2. The van der Waals surface area contributed by atoms with Crippen LogP contribution in [0.2, 0.25) is 0 Å². The van der Waals surface area contributed by atoms with Crippen LogP contribution in [0, 0.1) is 0 Å². The van der Waals surface area contributed by atoms with E-state index in [-0.39, 0.29) is 5.91 Å². The van der Waals surface area contributed by atoms with Gasteiger partial charge in [0.15, 0.2) is 0 Å². The lowest BCUT2D eigenvalue weighted by Gasteiger charge is -2.35. The quantitative estimate of drug-likeness (QED) is 0.845. The summed E-state index contributed by atoms with van der Waals surface area (Å²) in [6, 6.07) is 9.98. The fourth-order valence-electron chi connectivity index (χ4n) is 2.65. The third-order valence-electron chi connectivity index (χ3n) is 3.93. The lowest BCUT2D eigenvalue weighted by atomic mass is 10.2. The summed E-state index contributed by atoms with van der Waals surface area (Å²) in [5, 5.41) is 1.07. The van der Waals surface area contributed by atoms with E-state index in [2.05, 4.69) is 11.0 Å². The number of benzene rings is 1. The average molecular weight is 285 g/mol. The topological polar surface area (TPSA) is 45.7 Å². The monoisotopic (exact) mass is 285 g/mol. The number of nitrogens with zero attached hydrogens (tertiary/aromatic N) is 3. The van der Waals surface area contributed by atoms with Crippen LogP contribution in [0.4, 0.5) is 5.82 Å². The maximum atomic E-state index is 11.4. The molecular weight excluding hydrogens is 266 g/mol. The van der Waals surface area contributed by atoms with Crippen LogP contribution in [-0.4, -0.2) is 49.1 Å². The summed E-state index contributed by atoms with van der Waals surface area (Å²) in [4.78, 5) is 20.2. The minimum absolute atomic E-state index is 0.146.